The van der Waals surface area contributed by atoms with Crippen LogP contribution < -0.4 is 11.1 Å². The van der Waals surface area contributed by atoms with Gasteiger partial charge in [-0.2, -0.15) is 5.26 Å². The van der Waals surface area contributed by atoms with E-state index in [1.54, 1.807) is 24.7 Å². The second-order valence-electron chi connectivity index (χ2n) is 8.64. The van der Waals surface area contributed by atoms with E-state index in [0.29, 0.717) is 39.5 Å². The lowest BCUT2D eigenvalue weighted by atomic mass is 10.1. The number of benzene rings is 1. The van der Waals surface area contributed by atoms with Crippen LogP contribution in [0.1, 0.15) is 38.3 Å². The summed E-state index contributed by atoms with van der Waals surface area (Å²) >= 11 is 6.02. The van der Waals surface area contributed by atoms with Crippen molar-refractivity contribution in [2.75, 3.05) is 12.8 Å². The topological polar surface area (TPSA) is 123 Å². The van der Waals surface area contributed by atoms with E-state index in [-0.39, 0.29) is 0 Å². The highest BCUT2D eigenvalue weighted by Gasteiger charge is 2.13. The number of fused-ring (bicyclic) bond motifs is 2. The minimum absolute atomic E-state index is 0.445. The molecular weight excluding hydrogens is 486 g/mol. The second-order valence-corrected chi connectivity index (χ2v) is 9.07. The zero-order chi connectivity index (χ0) is 26.5. The molecule has 0 fully saturated rings. The number of carbonyl (C=O) groups excluding carboxylic acids is 1. The number of hydrogen-bond acceptors (Lipinski definition) is 7. The van der Waals surface area contributed by atoms with Crippen molar-refractivity contribution in [2.24, 2.45) is 0 Å². The summed E-state index contributed by atoms with van der Waals surface area (Å²) in [5.41, 5.74) is 12.5. The lowest BCUT2D eigenvalue weighted by Crippen LogP contribution is -2.10. The molecule has 0 aliphatic rings. The van der Waals surface area contributed by atoms with Crippen LogP contribution in [0.25, 0.3) is 21.9 Å². The molecule has 0 saturated carbocycles. The number of nitrogens with zero attached hydrogens (tertiary/aromatic N) is 5. The summed E-state index contributed by atoms with van der Waals surface area (Å²) in [5, 5.41) is 14.5. The average Bonchev–Trinajstić information content (AvgIpc) is 3.24. The summed E-state index contributed by atoms with van der Waals surface area (Å²) in [6.45, 7) is 5.41. The number of nitriles is 1. The van der Waals surface area contributed by atoms with Gasteiger partial charge in [-0.3, -0.25) is 9.78 Å². The minimum atomic E-state index is 0.445. The fourth-order valence-electron chi connectivity index (χ4n) is 4.33. The van der Waals surface area contributed by atoms with Gasteiger partial charge >= 0.3 is 0 Å². The van der Waals surface area contributed by atoms with Gasteiger partial charge in [-0.05, 0) is 67.9 Å². The molecule has 0 saturated heterocycles. The molecule has 37 heavy (non-hydrogen) atoms. The molecule has 0 aliphatic carbocycles. The summed E-state index contributed by atoms with van der Waals surface area (Å²) < 4.78 is 1.87. The third kappa shape index (κ3) is 5.59. The number of nitrogens with one attached hydrogen (secondary N) is 1. The van der Waals surface area contributed by atoms with Gasteiger partial charge in [0.2, 0.25) is 0 Å². The van der Waals surface area contributed by atoms with E-state index in [9.17, 15) is 10.1 Å². The maximum absolute atomic E-state index is 11.4. The summed E-state index contributed by atoms with van der Waals surface area (Å²) in [6.07, 6.45) is 5.68. The quantitative estimate of drug-likeness (QED) is 0.319. The molecule has 186 valence electrons. The van der Waals surface area contributed by atoms with Crippen LogP contribution in [0, 0.1) is 25.2 Å². The van der Waals surface area contributed by atoms with Crippen LogP contribution in [0.15, 0.2) is 55.0 Å². The first kappa shape index (κ1) is 25.8. The van der Waals surface area contributed by atoms with E-state index < -0.39 is 0 Å². The van der Waals surface area contributed by atoms with Crippen LogP contribution in [0.2, 0.25) is 5.02 Å². The summed E-state index contributed by atoms with van der Waals surface area (Å²) in [5.74, 6) is 0.602. The number of nitrogen functional groups attached to an aromatic ring is 1. The summed E-state index contributed by atoms with van der Waals surface area (Å²) in [6, 6.07) is 13.4. The largest absolute Gasteiger partial charge is 0.384 e. The van der Waals surface area contributed by atoms with Gasteiger partial charge in [-0.15, -0.1) is 0 Å². The molecule has 0 spiro atoms. The number of rotatable bonds is 5. The Labute approximate surface area is 219 Å². The highest BCUT2D eigenvalue weighted by Crippen LogP contribution is 2.24. The van der Waals surface area contributed by atoms with Gasteiger partial charge in [0.05, 0.1) is 22.2 Å². The fraction of sp³-hybridized carbons (Fsp3) is 0.179. The zero-order valence-corrected chi connectivity index (χ0v) is 21.5. The number of hydrogen-bond donors (Lipinski definition) is 2. The van der Waals surface area contributed by atoms with Crippen molar-refractivity contribution in [1.82, 2.24) is 24.8 Å². The Morgan fingerprint density at radius 2 is 2.00 bits per heavy atom. The molecule has 0 unspecified atom stereocenters. The monoisotopic (exact) mass is 511 g/mol. The molecule has 0 atom stereocenters. The normalized spacial score (nSPS) is 10.7. The summed E-state index contributed by atoms with van der Waals surface area (Å²) in [4.78, 5) is 24.2. The van der Waals surface area contributed by atoms with Crippen LogP contribution in [0.3, 0.4) is 0 Å². The number of halogens is 1. The number of anilines is 1. The van der Waals surface area contributed by atoms with Gasteiger partial charge in [0.25, 0.3) is 0 Å². The third-order valence-corrected chi connectivity index (χ3v) is 6.23. The van der Waals surface area contributed by atoms with Crippen LogP contribution in [-0.2, 0) is 13.1 Å². The Morgan fingerprint density at radius 1 is 1.19 bits per heavy atom. The molecule has 0 radical (unpaired) electrons. The number of nitrogens with two attached hydrogens (primary N) is 1. The minimum Gasteiger partial charge on any atom is -0.384 e. The number of aryl methyl sites for hydroxylation is 2. The van der Waals surface area contributed by atoms with Crippen molar-refractivity contribution in [3.63, 3.8) is 0 Å². The van der Waals surface area contributed by atoms with Gasteiger partial charge in [-0.25, -0.2) is 9.97 Å². The Bertz CT molecular complexity index is 1630. The van der Waals surface area contributed by atoms with E-state index in [1.807, 2.05) is 48.9 Å². The van der Waals surface area contributed by atoms with Crippen molar-refractivity contribution in [3.05, 3.63) is 93.5 Å². The van der Waals surface area contributed by atoms with Crippen molar-refractivity contribution in [3.8, 4) is 6.07 Å². The molecular formula is C28H26ClN7O. The van der Waals surface area contributed by atoms with Gasteiger partial charge in [0, 0.05) is 53.7 Å². The zero-order valence-electron chi connectivity index (χ0n) is 20.8. The Kier molecular flexibility index (Phi) is 7.77. The average molecular weight is 512 g/mol. The van der Waals surface area contributed by atoms with Crippen molar-refractivity contribution in [2.45, 2.75) is 26.9 Å². The van der Waals surface area contributed by atoms with E-state index in [2.05, 4.69) is 33.3 Å². The first-order valence-corrected chi connectivity index (χ1v) is 12.0. The second kappa shape index (κ2) is 11.2. The molecule has 5 rings (SSSR count). The van der Waals surface area contributed by atoms with E-state index >= 15 is 0 Å². The lowest BCUT2D eigenvalue weighted by molar-refractivity contribution is 0.112. The first-order valence-electron chi connectivity index (χ1n) is 11.6. The van der Waals surface area contributed by atoms with Crippen molar-refractivity contribution < 1.29 is 4.79 Å². The predicted molar refractivity (Wildman–Crippen MR) is 147 cm³/mol. The summed E-state index contributed by atoms with van der Waals surface area (Å²) in [7, 11) is 1.93. The van der Waals surface area contributed by atoms with Gasteiger partial charge in [-0.1, -0.05) is 17.7 Å². The smallest absolute Gasteiger partial charge is 0.152 e. The van der Waals surface area contributed by atoms with E-state index in [0.717, 1.165) is 35.0 Å². The number of carbonyl (C=O) groups is 1. The Balaban J connectivity index is 0.000000225. The molecule has 0 bridgehead atoms. The molecule has 0 amide bonds. The first-order chi connectivity index (χ1) is 17.8. The Hall–Kier alpha value is -4.32. The predicted octanol–water partition coefficient (Wildman–Crippen LogP) is 4.97. The highest BCUT2D eigenvalue weighted by atomic mass is 35.5. The lowest BCUT2D eigenvalue weighted by Gasteiger charge is -2.08. The molecule has 5 aromatic rings. The molecule has 9 heteroatoms. The SMILES string of the molecule is CNCc1c(C)cc(N)nc1C.N#Cc1ccnc2c1c(C=O)cn2Cc1ccc2ncc(Cl)cc2c1. The van der Waals surface area contributed by atoms with Crippen LogP contribution in [0.5, 0.6) is 0 Å². The molecule has 8 nitrogen and oxygen atoms in total. The molecule has 1 aromatic carbocycles. The van der Waals surface area contributed by atoms with Crippen molar-refractivity contribution >= 4 is 45.6 Å². The van der Waals surface area contributed by atoms with Crippen molar-refractivity contribution in [1.29, 1.82) is 5.26 Å². The van der Waals surface area contributed by atoms with E-state index in [4.69, 9.17) is 17.3 Å². The van der Waals surface area contributed by atoms with E-state index in [1.165, 1.54) is 11.1 Å². The highest BCUT2D eigenvalue weighted by molar-refractivity contribution is 6.31. The molecule has 3 N–H and O–H groups in total. The van der Waals surface area contributed by atoms with Gasteiger partial charge in [0.15, 0.2) is 6.29 Å². The molecule has 4 aromatic heterocycles. The fourth-order valence-corrected chi connectivity index (χ4v) is 4.50. The molecule has 4 heterocycles. The van der Waals surface area contributed by atoms with Gasteiger partial charge in [0.1, 0.15) is 11.5 Å². The maximum atomic E-state index is 11.4. The van der Waals surface area contributed by atoms with Crippen LogP contribution in [-0.4, -0.2) is 32.9 Å². The third-order valence-electron chi connectivity index (χ3n) is 6.03. The van der Waals surface area contributed by atoms with Crippen LogP contribution >= 0.6 is 11.6 Å². The van der Waals surface area contributed by atoms with Crippen LogP contribution in [0.4, 0.5) is 5.82 Å². The number of pyridine rings is 3. The van der Waals surface area contributed by atoms with Gasteiger partial charge < -0.3 is 15.6 Å². The Morgan fingerprint density at radius 3 is 2.70 bits per heavy atom. The number of aromatic nitrogens is 4. The standard InChI is InChI=1S/C19H11ClN4O.C9H15N3/c20-16-6-14-5-12(1-2-17(14)23-8-16)9-24-10-15(11-25)18-13(7-21)3-4-22-19(18)24;1-6-4-9(10)12-7(2)8(6)5-11-3/h1-6,8,10-11H,9H2;4,11H,5H2,1-3H3,(H2,10,12). The maximum Gasteiger partial charge on any atom is 0.152 e. The molecule has 0 aliphatic heterocycles. The number of aldehydes is 1.